The zero-order valence-electron chi connectivity index (χ0n) is 12.7. The highest BCUT2D eigenvalue weighted by atomic mass is 32.1. The van der Waals surface area contributed by atoms with E-state index in [0.29, 0.717) is 18.3 Å². The quantitative estimate of drug-likeness (QED) is 0.858. The number of hydrogen-bond donors (Lipinski definition) is 1. The number of carbonyl (C=O) groups excluding carboxylic acids is 1. The number of benzene rings is 1. The zero-order chi connectivity index (χ0) is 15.8. The minimum absolute atomic E-state index is 0.344. The number of nitrogens with zero attached hydrogens (tertiary/aromatic N) is 3. The molecule has 118 valence electrons. The van der Waals surface area contributed by atoms with E-state index in [9.17, 15) is 4.79 Å². The molecule has 0 spiro atoms. The van der Waals surface area contributed by atoms with Gasteiger partial charge in [-0.1, -0.05) is 29.5 Å². The van der Waals surface area contributed by atoms with E-state index < -0.39 is 0 Å². The summed E-state index contributed by atoms with van der Waals surface area (Å²) in [4.78, 5) is 23.2. The summed E-state index contributed by atoms with van der Waals surface area (Å²) in [6.07, 6.45) is 0.993. The molecule has 4 rings (SSSR count). The summed E-state index contributed by atoms with van der Waals surface area (Å²) >= 11 is 1.32. The highest BCUT2D eigenvalue weighted by Gasteiger charge is 2.30. The Morgan fingerprint density at radius 3 is 3.17 bits per heavy atom. The molecule has 0 fully saturated rings. The fourth-order valence-electron chi connectivity index (χ4n) is 2.90. The summed E-state index contributed by atoms with van der Waals surface area (Å²) in [5.74, 6) is 0.449. The number of para-hydroxylation sites is 1. The Hall–Kier alpha value is -2.41. The Balaban J connectivity index is 1.70. The van der Waals surface area contributed by atoms with E-state index in [-0.39, 0.29) is 5.97 Å². The molecule has 0 unspecified atom stereocenters. The lowest BCUT2D eigenvalue weighted by Crippen LogP contribution is -2.33. The SMILES string of the molecule is CCOC(=O)c1nc2c(s1)NCN=C2N1CCc2ccccc21. The van der Waals surface area contributed by atoms with Crippen molar-refractivity contribution in [3.8, 4) is 0 Å². The molecule has 0 atom stereocenters. The fourth-order valence-corrected chi connectivity index (χ4v) is 3.75. The number of esters is 1. The van der Waals surface area contributed by atoms with Crippen LogP contribution in [-0.4, -0.2) is 36.6 Å². The maximum absolute atomic E-state index is 11.9. The van der Waals surface area contributed by atoms with Gasteiger partial charge in [-0.25, -0.2) is 14.8 Å². The molecule has 0 saturated heterocycles. The van der Waals surface area contributed by atoms with Crippen molar-refractivity contribution < 1.29 is 9.53 Å². The van der Waals surface area contributed by atoms with Gasteiger partial charge in [-0.05, 0) is 25.0 Å². The Labute approximate surface area is 137 Å². The van der Waals surface area contributed by atoms with E-state index in [2.05, 4.69) is 38.4 Å². The van der Waals surface area contributed by atoms with Crippen molar-refractivity contribution >= 4 is 33.8 Å². The number of fused-ring (bicyclic) bond motifs is 2. The number of ether oxygens (including phenoxy) is 1. The number of amidine groups is 1. The fraction of sp³-hybridized carbons (Fsp3) is 0.312. The first kappa shape index (κ1) is 14.2. The minimum Gasteiger partial charge on any atom is -0.461 e. The van der Waals surface area contributed by atoms with Crippen molar-refractivity contribution in [1.82, 2.24) is 4.98 Å². The number of rotatable bonds is 2. The van der Waals surface area contributed by atoms with Crippen molar-refractivity contribution in [2.75, 3.05) is 30.0 Å². The van der Waals surface area contributed by atoms with E-state index in [4.69, 9.17) is 4.74 Å². The summed E-state index contributed by atoms with van der Waals surface area (Å²) < 4.78 is 5.05. The van der Waals surface area contributed by atoms with Crippen LogP contribution in [-0.2, 0) is 11.2 Å². The maximum Gasteiger partial charge on any atom is 0.367 e. The minimum atomic E-state index is -0.380. The molecule has 0 saturated carbocycles. The number of thiazole rings is 1. The Morgan fingerprint density at radius 2 is 2.30 bits per heavy atom. The van der Waals surface area contributed by atoms with Crippen LogP contribution in [0.4, 0.5) is 10.7 Å². The van der Waals surface area contributed by atoms with Crippen LogP contribution in [0, 0.1) is 0 Å². The van der Waals surface area contributed by atoms with Gasteiger partial charge in [0.15, 0.2) is 5.84 Å². The van der Waals surface area contributed by atoms with Crippen LogP contribution in [0.1, 0.15) is 28.0 Å². The summed E-state index contributed by atoms with van der Waals surface area (Å²) in [5.41, 5.74) is 3.22. The molecule has 0 aliphatic carbocycles. The Bertz CT molecular complexity index is 799. The van der Waals surface area contributed by atoms with E-state index in [1.165, 1.54) is 22.6 Å². The normalized spacial score (nSPS) is 15.5. The molecule has 0 radical (unpaired) electrons. The monoisotopic (exact) mass is 328 g/mol. The highest BCUT2D eigenvalue weighted by molar-refractivity contribution is 7.17. The van der Waals surface area contributed by atoms with Gasteiger partial charge in [-0.15, -0.1) is 0 Å². The van der Waals surface area contributed by atoms with Crippen LogP contribution in [0.2, 0.25) is 0 Å². The predicted molar refractivity (Wildman–Crippen MR) is 90.6 cm³/mol. The number of aliphatic imine (C=N–C) groups is 1. The molecule has 2 aliphatic rings. The molecular weight excluding hydrogens is 312 g/mol. The lowest BCUT2D eigenvalue weighted by molar-refractivity contribution is 0.0526. The second kappa shape index (κ2) is 5.66. The molecule has 23 heavy (non-hydrogen) atoms. The summed E-state index contributed by atoms with van der Waals surface area (Å²) in [6.45, 7) is 3.50. The Morgan fingerprint density at radius 1 is 1.43 bits per heavy atom. The summed E-state index contributed by atoms with van der Waals surface area (Å²) in [5, 5.41) is 4.44. The molecule has 0 amide bonds. The maximum atomic E-state index is 11.9. The lowest BCUT2D eigenvalue weighted by Gasteiger charge is -2.23. The average molecular weight is 328 g/mol. The van der Waals surface area contributed by atoms with Gasteiger partial charge >= 0.3 is 5.97 Å². The van der Waals surface area contributed by atoms with Crippen molar-refractivity contribution in [2.45, 2.75) is 13.3 Å². The molecule has 2 aliphatic heterocycles. The number of hydrogen-bond acceptors (Lipinski definition) is 7. The predicted octanol–water partition coefficient (Wildman–Crippen LogP) is 2.51. The van der Waals surface area contributed by atoms with Crippen LogP contribution in [0.5, 0.6) is 0 Å². The smallest absolute Gasteiger partial charge is 0.367 e. The molecule has 3 heterocycles. The zero-order valence-corrected chi connectivity index (χ0v) is 13.5. The standard InChI is InChI=1S/C16H16N4O2S/c1-2-22-16(21)15-19-12-13(17-9-18-14(12)23-15)20-8-7-10-5-3-4-6-11(10)20/h3-6,18H,2,7-9H2,1H3. The van der Waals surface area contributed by atoms with E-state index in [1.807, 2.05) is 6.07 Å². The first-order chi connectivity index (χ1) is 11.3. The third-order valence-electron chi connectivity index (χ3n) is 3.90. The van der Waals surface area contributed by atoms with E-state index in [0.717, 1.165) is 29.5 Å². The number of anilines is 2. The van der Waals surface area contributed by atoms with Gasteiger partial charge in [0.25, 0.3) is 0 Å². The second-order valence-electron chi connectivity index (χ2n) is 5.26. The van der Waals surface area contributed by atoms with Crippen LogP contribution >= 0.6 is 11.3 Å². The van der Waals surface area contributed by atoms with Gasteiger partial charge in [0, 0.05) is 12.2 Å². The molecule has 2 aromatic rings. The topological polar surface area (TPSA) is 66.8 Å². The molecule has 6 nitrogen and oxygen atoms in total. The van der Waals surface area contributed by atoms with E-state index in [1.54, 1.807) is 6.92 Å². The molecule has 1 N–H and O–H groups in total. The molecule has 1 aromatic carbocycles. The van der Waals surface area contributed by atoms with Crippen LogP contribution in [0.25, 0.3) is 0 Å². The van der Waals surface area contributed by atoms with Crippen LogP contribution in [0.15, 0.2) is 29.3 Å². The molecular formula is C16H16N4O2S. The van der Waals surface area contributed by atoms with Crippen LogP contribution in [0.3, 0.4) is 0 Å². The van der Waals surface area contributed by atoms with Crippen molar-refractivity contribution in [3.05, 3.63) is 40.5 Å². The Kier molecular flexibility index (Phi) is 3.49. The van der Waals surface area contributed by atoms with E-state index >= 15 is 0 Å². The van der Waals surface area contributed by atoms with Crippen molar-refractivity contribution in [1.29, 1.82) is 0 Å². The van der Waals surface area contributed by atoms with Gasteiger partial charge in [0.2, 0.25) is 5.01 Å². The number of nitrogens with one attached hydrogen (secondary N) is 1. The van der Waals surface area contributed by atoms with Gasteiger partial charge in [0.1, 0.15) is 17.4 Å². The van der Waals surface area contributed by atoms with Crippen LogP contribution < -0.4 is 10.2 Å². The second-order valence-corrected chi connectivity index (χ2v) is 6.26. The van der Waals surface area contributed by atoms with Gasteiger partial charge in [0.05, 0.1) is 6.61 Å². The van der Waals surface area contributed by atoms with Crippen molar-refractivity contribution in [3.63, 3.8) is 0 Å². The van der Waals surface area contributed by atoms with Gasteiger partial charge < -0.3 is 15.0 Å². The number of carbonyl (C=O) groups is 1. The third-order valence-corrected chi connectivity index (χ3v) is 4.89. The summed E-state index contributed by atoms with van der Waals surface area (Å²) in [7, 11) is 0. The average Bonchev–Trinajstić information content (AvgIpc) is 3.19. The van der Waals surface area contributed by atoms with Crippen molar-refractivity contribution in [2.24, 2.45) is 4.99 Å². The number of aromatic nitrogens is 1. The summed E-state index contributed by atoms with van der Waals surface area (Å²) in [6, 6.07) is 8.33. The van der Waals surface area contributed by atoms with Gasteiger partial charge in [-0.3, -0.25) is 0 Å². The molecule has 0 bridgehead atoms. The first-order valence-corrected chi connectivity index (χ1v) is 8.41. The third kappa shape index (κ3) is 2.37. The highest BCUT2D eigenvalue weighted by Crippen LogP contribution is 2.34. The molecule has 1 aromatic heterocycles. The largest absolute Gasteiger partial charge is 0.461 e. The lowest BCUT2D eigenvalue weighted by atomic mass is 10.2. The molecule has 7 heteroatoms. The van der Waals surface area contributed by atoms with Gasteiger partial charge in [-0.2, -0.15) is 0 Å². The first-order valence-electron chi connectivity index (χ1n) is 7.60.